The molecule has 2 amide bonds. The molecule has 0 saturated heterocycles. The summed E-state index contributed by atoms with van der Waals surface area (Å²) >= 11 is 0. The molecule has 0 bridgehead atoms. The molecule has 0 saturated carbocycles. The summed E-state index contributed by atoms with van der Waals surface area (Å²) in [5.41, 5.74) is 8.78. The van der Waals surface area contributed by atoms with Crippen LogP contribution in [0.4, 0.5) is 0 Å². The first-order chi connectivity index (χ1) is 17.2. The summed E-state index contributed by atoms with van der Waals surface area (Å²) in [7, 11) is 1.59. The SMILES string of the molecule is COc1ccc(-n2c(C)cc(/C=C(\C#N)C(=O)OCC(=O)NNC(=O)c3ccc(C)cc3)c2C)cc1. The second-order valence-electron chi connectivity index (χ2n) is 7.97. The van der Waals surface area contributed by atoms with Gasteiger partial charge in [0.1, 0.15) is 17.4 Å². The van der Waals surface area contributed by atoms with E-state index in [1.165, 1.54) is 6.08 Å². The van der Waals surface area contributed by atoms with Gasteiger partial charge in [0.05, 0.1) is 7.11 Å². The normalized spacial score (nSPS) is 10.8. The molecule has 0 aliphatic rings. The molecule has 0 radical (unpaired) electrons. The van der Waals surface area contributed by atoms with Gasteiger partial charge in [-0.05, 0) is 74.9 Å². The van der Waals surface area contributed by atoms with Crippen LogP contribution in [0.25, 0.3) is 11.8 Å². The molecule has 0 unspecified atom stereocenters. The summed E-state index contributed by atoms with van der Waals surface area (Å²) in [5, 5.41) is 9.49. The molecule has 36 heavy (non-hydrogen) atoms. The fourth-order valence-electron chi connectivity index (χ4n) is 3.50. The van der Waals surface area contributed by atoms with Gasteiger partial charge in [-0.1, -0.05) is 17.7 Å². The Morgan fingerprint density at radius 3 is 2.28 bits per heavy atom. The molecule has 0 atom stereocenters. The number of aromatic nitrogens is 1. The topological polar surface area (TPSA) is 122 Å². The Balaban J connectivity index is 1.62. The molecule has 1 heterocycles. The predicted molar refractivity (Wildman–Crippen MR) is 133 cm³/mol. The number of hydrazine groups is 1. The van der Waals surface area contributed by atoms with Crippen molar-refractivity contribution < 1.29 is 23.9 Å². The zero-order valence-corrected chi connectivity index (χ0v) is 20.4. The van der Waals surface area contributed by atoms with Crippen LogP contribution in [0.3, 0.4) is 0 Å². The van der Waals surface area contributed by atoms with Crippen LogP contribution in [-0.4, -0.2) is 36.1 Å². The van der Waals surface area contributed by atoms with Gasteiger partial charge >= 0.3 is 5.97 Å². The van der Waals surface area contributed by atoms with Crippen molar-refractivity contribution in [2.45, 2.75) is 20.8 Å². The zero-order chi connectivity index (χ0) is 26.2. The Morgan fingerprint density at radius 2 is 1.67 bits per heavy atom. The molecule has 9 nitrogen and oxygen atoms in total. The average molecular weight is 487 g/mol. The van der Waals surface area contributed by atoms with Crippen molar-refractivity contribution in [1.82, 2.24) is 15.4 Å². The van der Waals surface area contributed by atoms with Gasteiger partial charge in [0.2, 0.25) is 0 Å². The molecule has 1 aromatic heterocycles. The van der Waals surface area contributed by atoms with E-state index in [0.29, 0.717) is 11.1 Å². The highest BCUT2D eigenvalue weighted by atomic mass is 16.5. The second kappa shape index (κ2) is 11.5. The standard InChI is InChI=1S/C27H26N4O5/c1-17-5-7-20(8-6-17)26(33)30-29-25(32)16-36-27(34)22(15-28)14-21-13-18(2)31(19(21)3)23-9-11-24(35-4)12-10-23/h5-14H,16H2,1-4H3,(H,29,32)(H,30,33)/b22-14+. The summed E-state index contributed by atoms with van der Waals surface area (Å²) in [6.45, 7) is 5.00. The van der Waals surface area contributed by atoms with Crippen LogP contribution in [0.2, 0.25) is 0 Å². The first kappa shape index (κ1) is 25.8. The lowest BCUT2D eigenvalue weighted by molar-refractivity contribution is -0.144. The lowest BCUT2D eigenvalue weighted by atomic mass is 10.1. The van der Waals surface area contributed by atoms with Crippen molar-refractivity contribution in [2.75, 3.05) is 13.7 Å². The maximum absolute atomic E-state index is 12.4. The lowest BCUT2D eigenvalue weighted by Crippen LogP contribution is -2.43. The average Bonchev–Trinajstić information content (AvgIpc) is 3.17. The molecular weight excluding hydrogens is 460 g/mol. The van der Waals surface area contributed by atoms with E-state index in [2.05, 4.69) is 10.9 Å². The molecule has 3 aromatic rings. The number of rotatable bonds is 7. The van der Waals surface area contributed by atoms with Crippen LogP contribution in [0.5, 0.6) is 5.75 Å². The van der Waals surface area contributed by atoms with E-state index in [9.17, 15) is 19.6 Å². The molecule has 0 aliphatic heterocycles. The minimum atomic E-state index is -0.952. The summed E-state index contributed by atoms with van der Waals surface area (Å²) in [6.07, 6.45) is 1.42. The summed E-state index contributed by atoms with van der Waals surface area (Å²) < 4.78 is 12.1. The Kier molecular flexibility index (Phi) is 8.26. The molecule has 0 aliphatic carbocycles. The van der Waals surface area contributed by atoms with E-state index >= 15 is 0 Å². The quantitative estimate of drug-likeness (QED) is 0.229. The molecule has 0 fully saturated rings. The van der Waals surface area contributed by atoms with E-state index in [0.717, 1.165) is 28.4 Å². The number of nitrogens with one attached hydrogen (secondary N) is 2. The van der Waals surface area contributed by atoms with E-state index in [1.807, 2.05) is 61.7 Å². The smallest absolute Gasteiger partial charge is 0.349 e. The van der Waals surface area contributed by atoms with Crippen molar-refractivity contribution >= 4 is 23.9 Å². The maximum Gasteiger partial charge on any atom is 0.349 e. The predicted octanol–water partition coefficient (Wildman–Crippen LogP) is 3.32. The number of hydrogen-bond acceptors (Lipinski definition) is 6. The number of nitrogens with zero attached hydrogens (tertiary/aromatic N) is 2. The number of carbonyl (C=O) groups excluding carboxylic acids is 3. The summed E-state index contributed by atoms with van der Waals surface area (Å²) in [6, 6.07) is 17.9. The van der Waals surface area contributed by atoms with Crippen LogP contribution in [0.15, 0.2) is 60.2 Å². The van der Waals surface area contributed by atoms with Crippen molar-refractivity contribution in [3.8, 4) is 17.5 Å². The zero-order valence-electron chi connectivity index (χ0n) is 20.4. The number of esters is 1. The first-order valence-electron chi connectivity index (χ1n) is 11.0. The largest absolute Gasteiger partial charge is 0.497 e. The Bertz CT molecular complexity index is 1350. The highest BCUT2D eigenvalue weighted by Gasteiger charge is 2.16. The highest BCUT2D eigenvalue weighted by molar-refractivity contribution is 5.99. The number of amides is 2. The van der Waals surface area contributed by atoms with Gasteiger partial charge in [-0.2, -0.15) is 5.26 Å². The second-order valence-corrected chi connectivity index (χ2v) is 7.97. The van der Waals surface area contributed by atoms with Gasteiger partial charge in [-0.25, -0.2) is 4.79 Å². The fraction of sp³-hybridized carbons (Fsp3) is 0.185. The third-order valence-electron chi connectivity index (χ3n) is 5.40. The molecule has 2 N–H and O–H groups in total. The third-order valence-corrected chi connectivity index (χ3v) is 5.40. The minimum absolute atomic E-state index is 0.263. The Labute approximate surface area is 208 Å². The lowest BCUT2D eigenvalue weighted by Gasteiger charge is -2.10. The molecule has 3 rings (SSSR count). The number of hydrogen-bond donors (Lipinski definition) is 2. The van der Waals surface area contributed by atoms with Gasteiger partial charge in [0.25, 0.3) is 11.8 Å². The number of nitriles is 1. The van der Waals surface area contributed by atoms with Crippen LogP contribution in [0, 0.1) is 32.1 Å². The Morgan fingerprint density at radius 1 is 1.00 bits per heavy atom. The number of benzene rings is 2. The van der Waals surface area contributed by atoms with Crippen molar-refractivity contribution in [1.29, 1.82) is 5.26 Å². The van der Waals surface area contributed by atoms with Crippen molar-refractivity contribution in [3.63, 3.8) is 0 Å². The number of carbonyl (C=O) groups is 3. The van der Waals surface area contributed by atoms with Crippen LogP contribution in [-0.2, 0) is 14.3 Å². The van der Waals surface area contributed by atoms with Gasteiger partial charge in [-0.3, -0.25) is 20.4 Å². The van der Waals surface area contributed by atoms with Gasteiger partial charge in [-0.15, -0.1) is 0 Å². The monoisotopic (exact) mass is 486 g/mol. The van der Waals surface area contributed by atoms with E-state index in [1.54, 1.807) is 31.4 Å². The highest BCUT2D eigenvalue weighted by Crippen LogP contribution is 2.24. The van der Waals surface area contributed by atoms with Crippen LogP contribution < -0.4 is 15.6 Å². The Hall–Kier alpha value is -4.84. The van der Waals surface area contributed by atoms with Crippen molar-refractivity contribution in [3.05, 3.63) is 88.2 Å². The van der Waals surface area contributed by atoms with Crippen LogP contribution in [0.1, 0.15) is 32.9 Å². The minimum Gasteiger partial charge on any atom is -0.497 e. The number of methoxy groups -OCH3 is 1. The molecule has 2 aromatic carbocycles. The summed E-state index contributed by atoms with van der Waals surface area (Å²) in [5.74, 6) is -1.49. The van der Waals surface area contributed by atoms with Crippen molar-refractivity contribution in [2.24, 2.45) is 0 Å². The van der Waals surface area contributed by atoms with Gasteiger partial charge < -0.3 is 14.0 Å². The van der Waals surface area contributed by atoms with Gasteiger partial charge in [0.15, 0.2) is 6.61 Å². The fourth-order valence-corrected chi connectivity index (χ4v) is 3.50. The van der Waals surface area contributed by atoms with Crippen LogP contribution >= 0.6 is 0 Å². The molecular formula is C27H26N4O5. The van der Waals surface area contributed by atoms with E-state index in [4.69, 9.17) is 9.47 Å². The maximum atomic E-state index is 12.4. The third kappa shape index (κ3) is 6.18. The summed E-state index contributed by atoms with van der Waals surface area (Å²) in [4.78, 5) is 36.5. The molecule has 184 valence electrons. The number of aryl methyl sites for hydroxylation is 2. The molecule has 9 heteroatoms. The number of ether oxygens (including phenoxy) is 2. The van der Waals surface area contributed by atoms with Gasteiger partial charge in [0, 0.05) is 22.6 Å². The van der Waals surface area contributed by atoms with E-state index < -0.39 is 24.4 Å². The van der Waals surface area contributed by atoms with E-state index in [-0.39, 0.29) is 5.57 Å². The first-order valence-corrected chi connectivity index (χ1v) is 11.0. The molecule has 0 spiro atoms.